The molecule has 0 unspecified atom stereocenters. The number of nitrogens with zero attached hydrogens (tertiary/aromatic N) is 1. The topological polar surface area (TPSA) is 76.1 Å². The van der Waals surface area contributed by atoms with Crippen molar-refractivity contribution in [2.45, 2.75) is 33.1 Å². The minimum atomic E-state index is -0.339. The second-order valence-electron chi connectivity index (χ2n) is 4.10. The van der Waals surface area contributed by atoms with E-state index in [0.29, 0.717) is 19.8 Å². The first kappa shape index (κ1) is 17.9. The van der Waals surface area contributed by atoms with Gasteiger partial charge in [0.15, 0.2) is 0 Å². The summed E-state index contributed by atoms with van der Waals surface area (Å²) in [5, 5.41) is 8.70. The highest BCUT2D eigenvalue weighted by Gasteiger charge is 2.15. The number of ether oxygens (including phenoxy) is 2. The zero-order chi connectivity index (χ0) is 14.5. The van der Waals surface area contributed by atoms with Crippen LogP contribution in [0.4, 0.5) is 0 Å². The number of aliphatic hydroxyl groups is 1. The predicted octanol–water partition coefficient (Wildman–Crippen LogP) is 0.577. The van der Waals surface area contributed by atoms with E-state index in [-0.39, 0.29) is 31.6 Å². The van der Waals surface area contributed by atoms with E-state index in [0.717, 1.165) is 19.3 Å². The van der Waals surface area contributed by atoms with Gasteiger partial charge in [-0.2, -0.15) is 0 Å². The second-order valence-corrected chi connectivity index (χ2v) is 4.10. The van der Waals surface area contributed by atoms with Crippen molar-refractivity contribution in [1.82, 2.24) is 4.90 Å². The highest BCUT2D eigenvalue weighted by molar-refractivity contribution is 5.75. The molecule has 0 saturated heterocycles. The third-order valence-corrected chi connectivity index (χ3v) is 2.45. The summed E-state index contributed by atoms with van der Waals surface area (Å²) < 4.78 is 9.74. The van der Waals surface area contributed by atoms with Gasteiger partial charge in [-0.15, -0.1) is 0 Å². The van der Waals surface area contributed by atoms with Crippen molar-refractivity contribution >= 4 is 11.9 Å². The molecular weight excluding hydrogens is 250 g/mol. The Morgan fingerprint density at radius 1 is 0.947 bits per heavy atom. The first-order valence-corrected chi connectivity index (χ1v) is 6.78. The number of esters is 2. The van der Waals surface area contributed by atoms with Crippen LogP contribution in [0.5, 0.6) is 0 Å². The Hall–Kier alpha value is -1.14. The summed E-state index contributed by atoms with van der Waals surface area (Å²) >= 11 is 0. The summed E-state index contributed by atoms with van der Waals surface area (Å²) in [6.07, 6.45) is 2.41. The van der Waals surface area contributed by atoms with E-state index in [1.54, 1.807) is 18.7 Å². The molecule has 6 nitrogen and oxygen atoms in total. The lowest BCUT2D eigenvalue weighted by Crippen LogP contribution is -2.36. The van der Waals surface area contributed by atoms with Crippen LogP contribution in [0.3, 0.4) is 0 Å². The molecule has 0 aliphatic carbocycles. The highest BCUT2D eigenvalue weighted by Crippen LogP contribution is 2.00. The van der Waals surface area contributed by atoms with Crippen LogP contribution < -0.4 is 0 Å². The van der Waals surface area contributed by atoms with Crippen LogP contribution in [0, 0.1) is 0 Å². The van der Waals surface area contributed by atoms with Crippen LogP contribution in [0.2, 0.25) is 0 Å². The van der Waals surface area contributed by atoms with Crippen molar-refractivity contribution in [2.75, 3.05) is 39.5 Å². The quantitative estimate of drug-likeness (QED) is 0.439. The summed E-state index contributed by atoms with van der Waals surface area (Å²) in [6.45, 7) is 5.10. The molecule has 0 heterocycles. The molecule has 0 radical (unpaired) electrons. The lowest BCUT2D eigenvalue weighted by atomic mass is 10.2. The van der Waals surface area contributed by atoms with Gasteiger partial charge in [0.1, 0.15) is 0 Å². The Kier molecular flexibility index (Phi) is 11.2. The highest BCUT2D eigenvalue weighted by atomic mass is 16.5. The molecule has 0 saturated carbocycles. The first-order chi connectivity index (χ1) is 9.13. The van der Waals surface area contributed by atoms with Crippen molar-refractivity contribution in [3.63, 3.8) is 0 Å². The maximum atomic E-state index is 11.4. The standard InChI is InChI=1S/C13H25NO5/c1-3-18-12(16)10-14(8-6-5-7-9-15)11-13(17)19-4-2/h15H,3-11H2,1-2H3. The van der Waals surface area contributed by atoms with Gasteiger partial charge in [0.2, 0.25) is 0 Å². The molecule has 0 bridgehead atoms. The second kappa shape index (κ2) is 11.9. The van der Waals surface area contributed by atoms with E-state index in [9.17, 15) is 9.59 Å². The summed E-state index contributed by atoms with van der Waals surface area (Å²) in [6, 6.07) is 0. The van der Waals surface area contributed by atoms with Gasteiger partial charge in [-0.3, -0.25) is 14.5 Å². The number of rotatable bonds is 11. The number of carbonyl (C=O) groups excluding carboxylic acids is 2. The lowest BCUT2D eigenvalue weighted by Gasteiger charge is -2.20. The summed E-state index contributed by atoms with van der Waals surface area (Å²) in [7, 11) is 0. The van der Waals surface area contributed by atoms with E-state index >= 15 is 0 Å². The smallest absolute Gasteiger partial charge is 0.320 e. The van der Waals surface area contributed by atoms with Crippen LogP contribution in [0.15, 0.2) is 0 Å². The van der Waals surface area contributed by atoms with Crippen molar-refractivity contribution in [3.8, 4) is 0 Å². The Bertz CT molecular complexity index is 237. The predicted molar refractivity (Wildman–Crippen MR) is 70.6 cm³/mol. The average molecular weight is 275 g/mol. The minimum Gasteiger partial charge on any atom is -0.465 e. The molecular formula is C13H25NO5. The molecule has 112 valence electrons. The van der Waals surface area contributed by atoms with Gasteiger partial charge in [-0.1, -0.05) is 0 Å². The van der Waals surface area contributed by atoms with Crippen LogP contribution in [0.1, 0.15) is 33.1 Å². The molecule has 0 spiro atoms. The summed E-state index contributed by atoms with van der Waals surface area (Å²) in [5.74, 6) is -0.678. The molecule has 0 atom stereocenters. The molecule has 19 heavy (non-hydrogen) atoms. The minimum absolute atomic E-state index is 0.0891. The maximum absolute atomic E-state index is 11.4. The van der Waals surface area contributed by atoms with Crippen LogP contribution >= 0.6 is 0 Å². The van der Waals surface area contributed by atoms with Gasteiger partial charge in [0, 0.05) is 6.61 Å². The zero-order valence-electron chi connectivity index (χ0n) is 11.9. The van der Waals surface area contributed by atoms with Gasteiger partial charge in [0.05, 0.1) is 26.3 Å². The van der Waals surface area contributed by atoms with E-state index < -0.39 is 0 Å². The van der Waals surface area contributed by atoms with Crippen LogP contribution in [0.25, 0.3) is 0 Å². The fourth-order valence-electron chi connectivity index (χ4n) is 1.62. The van der Waals surface area contributed by atoms with Crippen molar-refractivity contribution in [3.05, 3.63) is 0 Å². The third kappa shape index (κ3) is 10.5. The number of hydrogen-bond acceptors (Lipinski definition) is 6. The van der Waals surface area contributed by atoms with E-state index in [4.69, 9.17) is 14.6 Å². The van der Waals surface area contributed by atoms with Gasteiger partial charge in [-0.05, 0) is 39.7 Å². The Morgan fingerprint density at radius 3 is 1.89 bits per heavy atom. The summed E-state index contributed by atoms with van der Waals surface area (Å²) in [5.41, 5.74) is 0. The molecule has 0 aliphatic rings. The van der Waals surface area contributed by atoms with Crippen molar-refractivity contribution < 1.29 is 24.2 Å². The molecule has 0 fully saturated rings. The number of hydrogen-bond donors (Lipinski definition) is 1. The molecule has 0 aromatic heterocycles. The molecule has 6 heteroatoms. The molecule has 0 aromatic carbocycles. The monoisotopic (exact) mass is 275 g/mol. The number of carbonyl (C=O) groups is 2. The van der Waals surface area contributed by atoms with Gasteiger partial charge in [0.25, 0.3) is 0 Å². The zero-order valence-corrected chi connectivity index (χ0v) is 11.9. The SMILES string of the molecule is CCOC(=O)CN(CCCCCO)CC(=O)OCC. The molecule has 0 amide bonds. The van der Waals surface area contributed by atoms with Gasteiger partial charge < -0.3 is 14.6 Å². The van der Waals surface area contributed by atoms with Gasteiger partial charge >= 0.3 is 11.9 Å². The van der Waals surface area contributed by atoms with E-state index in [1.165, 1.54) is 0 Å². The van der Waals surface area contributed by atoms with Crippen molar-refractivity contribution in [1.29, 1.82) is 0 Å². The summed E-state index contributed by atoms with van der Waals surface area (Å²) in [4.78, 5) is 24.6. The molecule has 1 N–H and O–H groups in total. The molecule has 0 rings (SSSR count). The third-order valence-electron chi connectivity index (χ3n) is 2.45. The van der Waals surface area contributed by atoms with Crippen molar-refractivity contribution in [2.24, 2.45) is 0 Å². The fourth-order valence-corrected chi connectivity index (χ4v) is 1.62. The largest absolute Gasteiger partial charge is 0.465 e. The van der Waals surface area contributed by atoms with E-state index in [2.05, 4.69) is 0 Å². The lowest BCUT2D eigenvalue weighted by molar-refractivity contribution is -0.148. The Morgan fingerprint density at radius 2 is 1.47 bits per heavy atom. The Labute approximate surface area is 114 Å². The maximum Gasteiger partial charge on any atom is 0.320 e. The number of aliphatic hydroxyl groups excluding tert-OH is 1. The first-order valence-electron chi connectivity index (χ1n) is 6.78. The average Bonchev–Trinajstić information content (AvgIpc) is 2.35. The molecule has 0 aliphatic heterocycles. The van der Waals surface area contributed by atoms with Crippen LogP contribution in [-0.2, 0) is 19.1 Å². The normalized spacial score (nSPS) is 10.5. The fraction of sp³-hybridized carbons (Fsp3) is 0.846. The molecule has 0 aromatic rings. The van der Waals surface area contributed by atoms with Crippen LogP contribution in [-0.4, -0.2) is 61.4 Å². The Balaban J connectivity index is 4.13. The van der Waals surface area contributed by atoms with E-state index in [1.807, 2.05) is 0 Å². The number of unbranched alkanes of at least 4 members (excludes halogenated alkanes) is 2. The van der Waals surface area contributed by atoms with Gasteiger partial charge in [-0.25, -0.2) is 0 Å².